The van der Waals surface area contributed by atoms with E-state index in [1.807, 2.05) is 24.3 Å². The Balaban J connectivity index is 2.24. The van der Waals surface area contributed by atoms with E-state index in [4.69, 9.17) is 9.47 Å². The van der Waals surface area contributed by atoms with Crippen LogP contribution in [-0.4, -0.2) is 47.1 Å². The van der Waals surface area contributed by atoms with Gasteiger partial charge in [-0.1, -0.05) is 0 Å². The fourth-order valence-electron chi connectivity index (χ4n) is 1.26. The molecule has 7 heteroatoms. The Labute approximate surface area is 114 Å². The zero-order valence-corrected chi connectivity index (χ0v) is 12.2. The lowest BCUT2D eigenvalue weighted by atomic mass is 10.3. The first-order chi connectivity index (χ1) is 8.95. The van der Waals surface area contributed by atoms with Crippen molar-refractivity contribution in [3.8, 4) is 11.5 Å². The molecule has 0 aromatic heterocycles. The third-order valence-corrected chi connectivity index (χ3v) is 3.94. The van der Waals surface area contributed by atoms with Crippen molar-refractivity contribution in [3.05, 3.63) is 24.3 Å². The second kappa shape index (κ2) is 7.32. The lowest BCUT2D eigenvalue weighted by molar-refractivity contribution is 0.310. The SMILES string of the molecule is COc1ccc(OCCCNS(=O)(=O)N(C)C)cc1. The summed E-state index contributed by atoms with van der Waals surface area (Å²) in [4.78, 5) is 0. The first-order valence-corrected chi connectivity index (χ1v) is 7.33. The van der Waals surface area contributed by atoms with Gasteiger partial charge < -0.3 is 9.47 Å². The Hall–Kier alpha value is -1.31. The molecule has 6 nitrogen and oxygen atoms in total. The number of benzene rings is 1. The van der Waals surface area contributed by atoms with E-state index < -0.39 is 10.2 Å². The van der Waals surface area contributed by atoms with Crippen LogP contribution in [0.1, 0.15) is 6.42 Å². The monoisotopic (exact) mass is 288 g/mol. The smallest absolute Gasteiger partial charge is 0.278 e. The largest absolute Gasteiger partial charge is 0.497 e. The zero-order chi connectivity index (χ0) is 14.3. The molecular formula is C12H20N2O4S. The van der Waals surface area contributed by atoms with Gasteiger partial charge in [-0.25, -0.2) is 4.72 Å². The Bertz CT molecular complexity index is 471. The van der Waals surface area contributed by atoms with Gasteiger partial charge in [-0.3, -0.25) is 0 Å². The van der Waals surface area contributed by atoms with Crippen molar-refractivity contribution in [2.24, 2.45) is 0 Å². The average molecular weight is 288 g/mol. The molecule has 0 heterocycles. The van der Waals surface area contributed by atoms with Gasteiger partial charge >= 0.3 is 0 Å². The van der Waals surface area contributed by atoms with Crippen LogP contribution in [0.15, 0.2) is 24.3 Å². The average Bonchev–Trinajstić information content (AvgIpc) is 2.38. The van der Waals surface area contributed by atoms with Gasteiger partial charge in [0.15, 0.2) is 0 Å². The van der Waals surface area contributed by atoms with Gasteiger partial charge in [0.2, 0.25) is 0 Å². The van der Waals surface area contributed by atoms with Crippen LogP contribution in [0.2, 0.25) is 0 Å². The summed E-state index contributed by atoms with van der Waals surface area (Å²) in [6.07, 6.45) is 0.596. The summed E-state index contributed by atoms with van der Waals surface area (Å²) in [7, 11) is 1.23. The first-order valence-electron chi connectivity index (χ1n) is 5.89. The van der Waals surface area contributed by atoms with Crippen LogP contribution in [0, 0.1) is 0 Å². The Morgan fingerprint density at radius 1 is 1.16 bits per heavy atom. The van der Waals surface area contributed by atoms with Crippen molar-refractivity contribution in [2.75, 3.05) is 34.4 Å². The molecule has 0 aliphatic carbocycles. The second-order valence-corrected chi connectivity index (χ2v) is 6.03. The van der Waals surface area contributed by atoms with Crippen molar-refractivity contribution in [2.45, 2.75) is 6.42 Å². The van der Waals surface area contributed by atoms with E-state index in [1.54, 1.807) is 7.11 Å². The molecule has 1 rings (SSSR count). The molecular weight excluding hydrogens is 268 g/mol. The Morgan fingerprint density at radius 3 is 2.26 bits per heavy atom. The maximum absolute atomic E-state index is 11.4. The number of hydrogen-bond donors (Lipinski definition) is 1. The molecule has 0 amide bonds. The molecule has 108 valence electrons. The summed E-state index contributed by atoms with van der Waals surface area (Å²) in [5, 5.41) is 0. The molecule has 0 aliphatic heterocycles. The van der Waals surface area contributed by atoms with E-state index in [0.717, 1.165) is 15.8 Å². The highest BCUT2D eigenvalue weighted by atomic mass is 32.2. The van der Waals surface area contributed by atoms with Crippen LogP contribution in [0.25, 0.3) is 0 Å². The molecule has 0 fully saturated rings. The summed E-state index contributed by atoms with van der Waals surface area (Å²) in [6, 6.07) is 7.24. The highest BCUT2D eigenvalue weighted by Gasteiger charge is 2.11. The van der Waals surface area contributed by atoms with E-state index in [0.29, 0.717) is 19.6 Å². The number of nitrogens with zero attached hydrogens (tertiary/aromatic N) is 1. The Morgan fingerprint density at radius 2 is 1.74 bits per heavy atom. The van der Waals surface area contributed by atoms with Crippen LogP contribution in [-0.2, 0) is 10.2 Å². The molecule has 1 aromatic rings. The molecule has 0 saturated heterocycles. The maximum Gasteiger partial charge on any atom is 0.278 e. The molecule has 0 saturated carbocycles. The summed E-state index contributed by atoms with van der Waals surface area (Å²) < 4.78 is 36.9. The fourth-order valence-corrected chi connectivity index (χ4v) is 1.92. The van der Waals surface area contributed by atoms with Gasteiger partial charge in [0, 0.05) is 20.6 Å². The molecule has 19 heavy (non-hydrogen) atoms. The van der Waals surface area contributed by atoms with Crippen LogP contribution < -0.4 is 14.2 Å². The molecule has 1 aromatic carbocycles. The normalized spacial score (nSPS) is 11.6. The Kier molecular flexibility index (Phi) is 6.07. The highest BCUT2D eigenvalue weighted by molar-refractivity contribution is 7.87. The van der Waals surface area contributed by atoms with E-state index >= 15 is 0 Å². The topological polar surface area (TPSA) is 67.9 Å². The third kappa shape index (κ3) is 5.46. The third-order valence-electron chi connectivity index (χ3n) is 2.41. The van der Waals surface area contributed by atoms with Gasteiger partial charge in [-0.2, -0.15) is 12.7 Å². The summed E-state index contributed by atoms with van der Waals surface area (Å²) in [5.74, 6) is 1.50. The quantitative estimate of drug-likeness (QED) is 0.720. The summed E-state index contributed by atoms with van der Waals surface area (Å²) in [6.45, 7) is 0.791. The molecule has 0 unspecified atom stereocenters. The van der Waals surface area contributed by atoms with Gasteiger partial charge in [0.25, 0.3) is 10.2 Å². The van der Waals surface area contributed by atoms with E-state index in [1.165, 1.54) is 14.1 Å². The summed E-state index contributed by atoms with van der Waals surface area (Å²) >= 11 is 0. The van der Waals surface area contributed by atoms with Crippen LogP contribution in [0.4, 0.5) is 0 Å². The molecule has 0 spiro atoms. The maximum atomic E-state index is 11.4. The molecule has 0 radical (unpaired) electrons. The number of hydrogen-bond acceptors (Lipinski definition) is 4. The van der Waals surface area contributed by atoms with Crippen molar-refractivity contribution in [1.82, 2.24) is 9.03 Å². The zero-order valence-electron chi connectivity index (χ0n) is 11.4. The van der Waals surface area contributed by atoms with Crippen molar-refractivity contribution < 1.29 is 17.9 Å². The van der Waals surface area contributed by atoms with E-state index in [9.17, 15) is 8.42 Å². The van der Waals surface area contributed by atoms with Crippen LogP contribution in [0.5, 0.6) is 11.5 Å². The number of methoxy groups -OCH3 is 1. The number of rotatable bonds is 8. The highest BCUT2D eigenvalue weighted by Crippen LogP contribution is 2.16. The van der Waals surface area contributed by atoms with Gasteiger partial charge in [-0.15, -0.1) is 0 Å². The summed E-state index contributed by atoms with van der Waals surface area (Å²) in [5.41, 5.74) is 0. The fraction of sp³-hybridized carbons (Fsp3) is 0.500. The van der Waals surface area contributed by atoms with Crippen molar-refractivity contribution in [1.29, 1.82) is 0 Å². The minimum absolute atomic E-state index is 0.344. The first kappa shape index (κ1) is 15.7. The van der Waals surface area contributed by atoms with Crippen LogP contribution >= 0.6 is 0 Å². The van der Waals surface area contributed by atoms with Gasteiger partial charge in [-0.05, 0) is 30.7 Å². The lowest BCUT2D eigenvalue weighted by Crippen LogP contribution is -2.36. The van der Waals surface area contributed by atoms with Crippen molar-refractivity contribution >= 4 is 10.2 Å². The van der Waals surface area contributed by atoms with Crippen molar-refractivity contribution in [3.63, 3.8) is 0 Å². The van der Waals surface area contributed by atoms with Gasteiger partial charge in [0.05, 0.1) is 13.7 Å². The standard InChI is InChI=1S/C12H20N2O4S/c1-14(2)19(15,16)13-9-4-10-18-12-7-5-11(17-3)6-8-12/h5-8,13H,4,9-10H2,1-3H3. The molecule has 0 bridgehead atoms. The van der Waals surface area contributed by atoms with E-state index in [2.05, 4.69) is 4.72 Å². The lowest BCUT2D eigenvalue weighted by Gasteiger charge is -2.12. The van der Waals surface area contributed by atoms with Gasteiger partial charge in [0.1, 0.15) is 11.5 Å². The number of ether oxygens (including phenoxy) is 2. The van der Waals surface area contributed by atoms with E-state index in [-0.39, 0.29) is 0 Å². The molecule has 0 atom stereocenters. The predicted molar refractivity (Wildman–Crippen MR) is 73.7 cm³/mol. The molecule has 0 aliphatic rings. The molecule has 1 N–H and O–H groups in total. The minimum atomic E-state index is -3.34. The number of nitrogens with one attached hydrogen (secondary N) is 1. The predicted octanol–water partition coefficient (Wildman–Crippen LogP) is 0.860. The second-order valence-electron chi connectivity index (χ2n) is 4.06. The minimum Gasteiger partial charge on any atom is -0.497 e. The van der Waals surface area contributed by atoms with Crippen LogP contribution in [0.3, 0.4) is 0 Å².